The summed E-state index contributed by atoms with van der Waals surface area (Å²) in [6, 6.07) is 7.62. The van der Waals surface area contributed by atoms with Crippen molar-refractivity contribution >= 4 is 5.97 Å². The van der Waals surface area contributed by atoms with E-state index in [0.717, 1.165) is 19.4 Å². The zero-order chi connectivity index (χ0) is 12.3. The Morgan fingerprint density at radius 2 is 2.06 bits per heavy atom. The molecule has 92 valence electrons. The summed E-state index contributed by atoms with van der Waals surface area (Å²) in [6.45, 7) is 5.19. The van der Waals surface area contributed by atoms with Crippen LogP contribution in [0, 0.1) is 0 Å². The zero-order valence-corrected chi connectivity index (χ0v) is 10.4. The predicted molar refractivity (Wildman–Crippen MR) is 67.2 cm³/mol. The minimum atomic E-state index is -0.167. The molecule has 1 unspecified atom stereocenters. The molecule has 0 spiro atoms. The second kappa shape index (κ2) is 5.32. The first-order valence-corrected chi connectivity index (χ1v) is 6.22. The smallest absolute Gasteiger partial charge is 0.328 e. The van der Waals surface area contributed by atoms with E-state index in [0.29, 0.717) is 11.7 Å². The van der Waals surface area contributed by atoms with Crippen LogP contribution in [0.15, 0.2) is 24.3 Å². The van der Waals surface area contributed by atoms with Crippen LogP contribution >= 0.6 is 0 Å². The van der Waals surface area contributed by atoms with Gasteiger partial charge in [-0.2, -0.15) is 0 Å². The van der Waals surface area contributed by atoms with Crippen molar-refractivity contribution < 1.29 is 9.53 Å². The Bertz CT molecular complexity index is 378. The van der Waals surface area contributed by atoms with Crippen molar-refractivity contribution in [3.63, 3.8) is 0 Å². The van der Waals surface area contributed by atoms with Crippen LogP contribution in [-0.2, 0) is 4.79 Å². The van der Waals surface area contributed by atoms with E-state index in [2.05, 4.69) is 19.2 Å². The van der Waals surface area contributed by atoms with Crippen LogP contribution in [0.5, 0.6) is 5.75 Å². The molecule has 1 atom stereocenters. The summed E-state index contributed by atoms with van der Waals surface area (Å²) in [5.41, 5.74) is 1.25. The third-order valence-corrected chi connectivity index (χ3v) is 3.11. The summed E-state index contributed by atoms with van der Waals surface area (Å²) < 4.78 is 5.33. The highest BCUT2D eigenvalue weighted by Gasteiger charge is 2.23. The molecule has 2 rings (SSSR count). The number of carbonyl (C=O) groups is 1. The van der Waals surface area contributed by atoms with Gasteiger partial charge in [0.15, 0.2) is 0 Å². The minimum Gasteiger partial charge on any atom is -0.425 e. The molecule has 1 N–H and O–H groups in total. The van der Waals surface area contributed by atoms with E-state index in [1.807, 2.05) is 24.3 Å². The quantitative estimate of drug-likeness (QED) is 0.644. The fourth-order valence-corrected chi connectivity index (χ4v) is 1.99. The van der Waals surface area contributed by atoms with Crippen LogP contribution in [0.1, 0.15) is 38.2 Å². The topological polar surface area (TPSA) is 38.3 Å². The highest BCUT2D eigenvalue weighted by molar-refractivity contribution is 5.78. The number of hydrogen-bond acceptors (Lipinski definition) is 3. The number of benzene rings is 1. The third kappa shape index (κ3) is 3.07. The molecule has 1 saturated heterocycles. The van der Waals surface area contributed by atoms with Gasteiger partial charge in [0.1, 0.15) is 11.8 Å². The van der Waals surface area contributed by atoms with E-state index in [1.165, 1.54) is 5.56 Å². The second-order valence-electron chi connectivity index (χ2n) is 4.79. The molecule has 0 aliphatic carbocycles. The molecule has 0 radical (unpaired) electrons. The fraction of sp³-hybridized carbons (Fsp3) is 0.500. The first kappa shape index (κ1) is 12.1. The van der Waals surface area contributed by atoms with E-state index < -0.39 is 0 Å². The van der Waals surface area contributed by atoms with Gasteiger partial charge in [-0.05, 0) is 43.0 Å². The van der Waals surface area contributed by atoms with Crippen molar-refractivity contribution in [2.45, 2.75) is 38.6 Å². The van der Waals surface area contributed by atoms with Crippen LogP contribution in [-0.4, -0.2) is 18.6 Å². The molecule has 17 heavy (non-hydrogen) atoms. The largest absolute Gasteiger partial charge is 0.425 e. The van der Waals surface area contributed by atoms with Crippen LogP contribution in [0.3, 0.4) is 0 Å². The Hall–Kier alpha value is -1.35. The Kier molecular flexibility index (Phi) is 3.79. The summed E-state index contributed by atoms with van der Waals surface area (Å²) >= 11 is 0. The van der Waals surface area contributed by atoms with Gasteiger partial charge in [-0.3, -0.25) is 0 Å². The van der Waals surface area contributed by atoms with Gasteiger partial charge in [-0.25, -0.2) is 4.79 Å². The lowest BCUT2D eigenvalue weighted by Gasteiger charge is -2.11. The van der Waals surface area contributed by atoms with Crippen LogP contribution in [0.2, 0.25) is 0 Å². The van der Waals surface area contributed by atoms with Crippen LogP contribution < -0.4 is 10.1 Å². The van der Waals surface area contributed by atoms with Gasteiger partial charge < -0.3 is 10.1 Å². The second-order valence-corrected chi connectivity index (χ2v) is 4.79. The van der Waals surface area contributed by atoms with Gasteiger partial charge in [0.05, 0.1) is 0 Å². The number of nitrogens with one attached hydrogen (secondary N) is 1. The van der Waals surface area contributed by atoms with Gasteiger partial charge in [-0.15, -0.1) is 0 Å². The molecular formula is C14H19NO2. The fourth-order valence-electron chi connectivity index (χ4n) is 1.99. The van der Waals surface area contributed by atoms with E-state index in [9.17, 15) is 4.79 Å². The van der Waals surface area contributed by atoms with Crippen molar-refractivity contribution in [2.75, 3.05) is 6.54 Å². The molecule has 0 amide bonds. The summed E-state index contributed by atoms with van der Waals surface area (Å²) in [5.74, 6) is 0.962. The lowest BCUT2D eigenvalue weighted by molar-refractivity contribution is -0.136. The van der Waals surface area contributed by atoms with E-state index in [1.54, 1.807) is 0 Å². The van der Waals surface area contributed by atoms with Crippen molar-refractivity contribution in [1.29, 1.82) is 0 Å². The average molecular weight is 233 g/mol. The zero-order valence-electron chi connectivity index (χ0n) is 10.4. The molecular weight excluding hydrogens is 214 g/mol. The van der Waals surface area contributed by atoms with Crippen LogP contribution in [0.25, 0.3) is 0 Å². The Balaban J connectivity index is 1.96. The molecule has 0 aromatic heterocycles. The van der Waals surface area contributed by atoms with Gasteiger partial charge in [-0.1, -0.05) is 26.0 Å². The Morgan fingerprint density at radius 1 is 1.35 bits per heavy atom. The first-order chi connectivity index (χ1) is 8.16. The number of hydrogen-bond donors (Lipinski definition) is 1. The highest BCUT2D eigenvalue weighted by atomic mass is 16.5. The molecule has 1 aliphatic heterocycles. The standard InChI is InChI=1S/C14H19NO2/c1-10(2)11-5-7-12(8-6-11)17-14(16)13-4-3-9-15-13/h5-8,10,13,15H,3-4,9H2,1-2H3. The van der Waals surface area contributed by atoms with Gasteiger partial charge in [0.25, 0.3) is 0 Å². The Labute approximate surface area is 102 Å². The molecule has 0 saturated carbocycles. The first-order valence-electron chi connectivity index (χ1n) is 6.22. The lowest BCUT2D eigenvalue weighted by Crippen LogP contribution is -2.34. The maximum atomic E-state index is 11.7. The molecule has 1 heterocycles. The number of carbonyl (C=O) groups excluding carboxylic acids is 1. The molecule has 0 bridgehead atoms. The van der Waals surface area contributed by atoms with E-state index in [-0.39, 0.29) is 12.0 Å². The van der Waals surface area contributed by atoms with Crippen molar-refractivity contribution in [1.82, 2.24) is 5.32 Å². The highest BCUT2D eigenvalue weighted by Crippen LogP contribution is 2.19. The summed E-state index contributed by atoms with van der Waals surface area (Å²) in [5, 5.41) is 3.13. The van der Waals surface area contributed by atoms with Gasteiger partial charge >= 0.3 is 5.97 Å². The summed E-state index contributed by atoms with van der Waals surface area (Å²) in [6.07, 6.45) is 1.93. The monoisotopic (exact) mass is 233 g/mol. The Morgan fingerprint density at radius 3 is 2.59 bits per heavy atom. The van der Waals surface area contributed by atoms with Gasteiger partial charge in [0, 0.05) is 0 Å². The molecule has 1 aliphatic rings. The number of esters is 1. The lowest BCUT2D eigenvalue weighted by atomic mass is 10.0. The minimum absolute atomic E-state index is 0.125. The maximum absolute atomic E-state index is 11.7. The molecule has 3 nitrogen and oxygen atoms in total. The predicted octanol–water partition coefficient (Wildman–Crippen LogP) is 2.47. The average Bonchev–Trinajstić information content (AvgIpc) is 2.83. The van der Waals surface area contributed by atoms with E-state index >= 15 is 0 Å². The maximum Gasteiger partial charge on any atom is 0.328 e. The SMILES string of the molecule is CC(C)c1ccc(OC(=O)C2CCCN2)cc1. The van der Waals surface area contributed by atoms with Crippen molar-refractivity contribution in [3.8, 4) is 5.75 Å². The van der Waals surface area contributed by atoms with Crippen molar-refractivity contribution in [2.24, 2.45) is 0 Å². The van der Waals surface area contributed by atoms with Gasteiger partial charge in [0.2, 0.25) is 0 Å². The number of ether oxygens (including phenoxy) is 1. The molecule has 1 aromatic rings. The summed E-state index contributed by atoms with van der Waals surface area (Å²) in [4.78, 5) is 11.7. The number of rotatable bonds is 3. The normalized spacial score (nSPS) is 19.6. The molecule has 1 fully saturated rings. The van der Waals surface area contributed by atoms with Crippen molar-refractivity contribution in [3.05, 3.63) is 29.8 Å². The summed E-state index contributed by atoms with van der Waals surface area (Å²) in [7, 11) is 0. The third-order valence-electron chi connectivity index (χ3n) is 3.11. The van der Waals surface area contributed by atoms with Crippen LogP contribution in [0.4, 0.5) is 0 Å². The molecule has 3 heteroatoms. The van der Waals surface area contributed by atoms with E-state index in [4.69, 9.17) is 4.74 Å². The molecule has 1 aromatic carbocycles.